The number of hydrogen-bond donors (Lipinski definition) is 2. The lowest BCUT2D eigenvalue weighted by Gasteiger charge is -2.05. The number of methoxy groups -OCH3 is 1. The summed E-state index contributed by atoms with van der Waals surface area (Å²) in [5.41, 5.74) is 1.63. The molecule has 0 spiro atoms. The van der Waals surface area contributed by atoms with Crippen molar-refractivity contribution < 1.29 is 14.3 Å². The number of anilines is 1. The van der Waals surface area contributed by atoms with E-state index < -0.39 is 11.7 Å². The maximum absolute atomic E-state index is 12.4. The summed E-state index contributed by atoms with van der Waals surface area (Å²) < 4.78 is 5.98. The third kappa shape index (κ3) is 3.12. The number of carbonyl (C=O) groups is 2. The third-order valence-electron chi connectivity index (χ3n) is 3.42. The molecule has 0 bridgehead atoms. The predicted molar refractivity (Wildman–Crippen MR) is 92.0 cm³/mol. The number of aromatic amines is 1. The largest absolute Gasteiger partial charge is 0.497 e. The molecule has 0 aliphatic heterocycles. The van der Waals surface area contributed by atoms with Gasteiger partial charge in [-0.25, -0.2) is 0 Å². The molecule has 1 aromatic heterocycles. The molecule has 3 rings (SSSR count). The van der Waals surface area contributed by atoms with Gasteiger partial charge in [0.15, 0.2) is 0 Å². The molecule has 0 saturated heterocycles. The van der Waals surface area contributed by atoms with Gasteiger partial charge >= 0.3 is 0 Å². The highest BCUT2D eigenvalue weighted by Gasteiger charge is 2.20. The van der Waals surface area contributed by atoms with Crippen LogP contribution in [0.1, 0.15) is 10.4 Å². The number of rotatable bonds is 4. The standard InChI is InChI=1S/C17H13BrN2O3/c1-23-12-5-6-15-13(8-12)14(9-19-15)16(21)17(22)20-11-4-2-3-10(18)7-11/h2-9,19H,1H3,(H,20,22). The molecule has 1 heterocycles. The fourth-order valence-corrected chi connectivity index (χ4v) is 2.69. The molecule has 0 radical (unpaired) electrons. The van der Waals surface area contributed by atoms with E-state index in [0.717, 1.165) is 9.99 Å². The van der Waals surface area contributed by atoms with E-state index in [9.17, 15) is 9.59 Å². The van der Waals surface area contributed by atoms with Gasteiger partial charge in [0.25, 0.3) is 11.7 Å². The van der Waals surface area contributed by atoms with Gasteiger partial charge in [-0.15, -0.1) is 0 Å². The number of amides is 1. The van der Waals surface area contributed by atoms with Crippen LogP contribution in [-0.4, -0.2) is 23.8 Å². The molecule has 0 atom stereocenters. The van der Waals surface area contributed by atoms with E-state index in [1.807, 2.05) is 6.07 Å². The van der Waals surface area contributed by atoms with Crippen molar-refractivity contribution in [3.8, 4) is 5.75 Å². The molecule has 6 heteroatoms. The second kappa shape index (κ2) is 6.26. The lowest BCUT2D eigenvalue weighted by molar-refractivity contribution is -0.112. The van der Waals surface area contributed by atoms with Crippen molar-refractivity contribution in [3.05, 3.63) is 58.7 Å². The Hall–Kier alpha value is -2.60. The van der Waals surface area contributed by atoms with Gasteiger partial charge in [0.05, 0.1) is 12.7 Å². The number of Topliss-reactive ketones (excluding diaryl/α,β-unsaturated/α-hetero) is 1. The number of carbonyl (C=O) groups excluding carboxylic acids is 2. The second-order valence-corrected chi connectivity index (χ2v) is 5.82. The summed E-state index contributed by atoms with van der Waals surface area (Å²) in [6, 6.07) is 12.4. The molecular formula is C17H13BrN2O3. The number of benzene rings is 2. The number of nitrogens with one attached hydrogen (secondary N) is 2. The van der Waals surface area contributed by atoms with Crippen molar-refractivity contribution in [2.24, 2.45) is 0 Å². The van der Waals surface area contributed by atoms with Crippen LogP contribution in [0.25, 0.3) is 10.9 Å². The highest BCUT2D eigenvalue weighted by atomic mass is 79.9. The van der Waals surface area contributed by atoms with E-state index in [4.69, 9.17) is 4.74 Å². The molecule has 23 heavy (non-hydrogen) atoms. The molecule has 3 aromatic rings. The summed E-state index contributed by atoms with van der Waals surface area (Å²) in [6.45, 7) is 0. The Bertz CT molecular complexity index is 902. The number of halogens is 1. The van der Waals surface area contributed by atoms with Gasteiger partial charge in [-0.2, -0.15) is 0 Å². The average molecular weight is 373 g/mol. The van der Waals surface area contributed by atoms with Crippen molar-refractivity contribution in [2.45, 2.75) is 0 Å². The number of fused-ring (bicyclic) bond motifs is 1. The van der Waals surface area contributed by atoms with Gasteiger partial charge in [0, 0.05) is 27.3 Å². The minimum absolute atomic E-state index is 0.311. The fourth-order valence-electron chi connectivity index (χ4n) is 2.29. The zero-order chi connectivity index (χ0) is 16.4. The Morgan fingerprint density at radius 2 is 2.00 bits per heavy atom. The van der Waals surface area contributed by atoms with Gasteiger partial charge in [0.2, 0.25) is 0 Å². The zero-order valence-corrected chi connectivity index (χ0v) is 13.8. The Kier molecular flexibility index (Phi) is 4.16. The van der Waals surface area contributed by atoms with Gasteiger partial charge in [-0.1, -0.05) is 22.0 Å². The first-order valence-electron chi connectivity index (χ1n) is 6.85. The quantitative estimate of drug-likeness (QED) is 0.540. The number of aromatic nitrogens is 1. The molecule has 0 fully saturated rings. The van der Waals surface area contributed by atoms with Crippen molar-refractivity contribution in [1.82, 2.24) is 4.98 Å². The van der Waals surface area contributed by atoms with E-state index in [1.165, 1.54) is 6.20 Å². The van der Waals surface area contributed by atoms with E-state index >= 15 is 0 Å². The number of ketones is 1. The highest BCUT2D eigenvalue weighted by molar-refractivity contribution is 9.10. The molecule has 0 saturated carbocycles. The normalized spacial score (nSPS) is 10.5. The van der Waals surface area contributed by atoms with Crippen LogP contribution < -0.4 is 10.1 Å². The molecule has 0 aliphatic carbocycles. The van der Waals surface area contributed by atoms with Crippen LogP contribution in [0.2, 0.25) is 0 Å². The summed E-state index contributed by atoms with van der Waals surface area (Å²) >= 11 is 3.32. The van der Waals surface area contributed by atoms with Gasteiger partial charge in [-0.05, 0) is 36.4 Å². The first-order chi connectivity index (χ1) is 11.1. The van der Waals surface area contributed by atoms with Crippen LogP contribution in [0.5, 0.6) is 5.75 Å². The molecule has 2 N–H and O–H groups in total. The van der Waals surface area contributed by atoms with Crippen LogP contribution in [0, 0.1) is 0 Å². The Labute approximate surface area is 140 Å². The molecule has 1 amide bonds. The fraction of sp³-hybridized carbons (Fsp3) is 0.0588. The van der Waals surface area contributed by atoms with Crippen molar-refractivity contribution in [2.75, 3.05) is 12.4 Å². The minimum atomic E-state index is -0.688. The van der Waals surface area contributed by atoms with Crippen LogP contribution in [0.3, 0.4) is 0 Å². The lowest BCUT2D eigenvalue weighted by atomic mass is 10.1. The van der Waals surface area contributed by atoms with Crippen LogP contribution in [-0.2, 0) is 4.79 Å². The first-order valence-corrected chi connectivity index (χ1v) is 7.64. The van der Waals surface area contributed by atoms with E-state index in [2.05, 4.69) is 26.2 Å². The summed E-state index contributed by atoms with van der Waals surface area (Å²) in [6.07, 6.45) is 1.53. The Morgan fingerprint density at radius 1 is 1.17 bits per heavy atom. The molecule has 0 aliphatic rings. The summed E-state index contributed by atoms with van der Waals surface area (Å²) in [4.78, 5) is 27.6. The van der Waals surface area contributed by atoms with E-state index in [0.29, 0.717) is 22.4 Å². The van der Waals surface area contributed by atoms with Crippen molar-refractivity contribution >= 4 is 44.2 Å². The highest BCUT2D eigenvalue weighted by Crippen LogP contribution is 2.24. The molecule has 5 nitrogen and oxygen atoms in total. The summed E-state index contributed by atoms with van der Waals surface area (Å²) in [7, 11) is 1.55. The van der Waals surface area contributed by atoms with Crippen molar-refractivity contribution in [1.29, 1.82) is 0 Å². The first kappa shape index (κ1) is 15.3. The number of ether oxygens (including phenoxy) is 1. The second-order valence-electron chi connectivity index (χ2n) is 4.91. The van der Waals surface area contributed by atoms with E-state index in [-0.39, 0.29) is 0 Å². The van der Waals surface area contributed by atoms with E-state index in [1.54, 1.807) is 43.5 Å². The topological polar surface area (TPSA) is 71.2 Å². The maximum atomic E-state index is 12.4. The molecule has 2 aromatic carbocycles. The molecule has 116 valence electrons. The maximum Gasteiger partial charge on any atom is 0.296 e. The zero-order valence-electron chi connectivity index (χ0n) is 12.2. The van der Waals surface area contributed by atoms with Crippen molar-refractivity contribution in [3.63, 3.8) is 0 Å². The van der Waals surface area contributed by atoms with Crippen LogP contribution in [0.15, 0.2) is 53.1 Å². The Morgan fingerprint density at radius 3 is 2.74 bits per heavy atom. The predicted octanol–water partition coefficient (Wildman–Crippen LogP) is 3.76. The van der Waals surface area contributed by atoms with Crippen LogP contribution >= 0.6 is 15.9 Å². The summed E-state index contributed by atoms with van der Waals surface area (Å²) in [5, 5.41) is 3.25. The smallest absolute Gasteiger partial charge is 0.296 e. The third-order valence-corrected chi connectivity index (χ3v) is 3.92. The average Bonchev–Trinajstić information content (AvgIpc) is 2.97. The molecule has 0 unspecified atom stereocenters. The monoisotopic (exact) mass is 372 g/mol. The SMILES string of the molecule is COc1ccc2[nH]cc(C(=O)C(=O)Nc3cccc(Br)c3)c2c1. The van der Waals surface area contributed by atoms with Crippen LogP contribution in [0.4, 0.5) is 5.69 Å². The van der Waals surface area contributed by atoms with Gasteiger partial charge < -0.3 is 15.0 Å². The van der Waals surface area contributed by atoms with Gasteiger partial charge in [0.1, 0.15) is 5.75 Å². The minimum Gasteiger partial charge on any atom is -0.497 e. The van der Waals surface area contributed by atoms with Gasteiger partial charge in [-0.3, -0.25) is 9.59 Å². The lowest BCUT2D eigenvalue weighted by Crippen LogP contribution is -2.22. The summed E-state index contributed by atoms with van der Waals surface area (Å²) in [5.74, 6) is -0.671. The molecular weight excluding hydrogens is 360 g/mol. The number of hydrogen-bond acceptors (Lipinski definition) is 3. The Balaban J connectivity index is 1.89. The number of H-pyrrole nitrogens is 1.